The van der Waals surface area contributed by atoms with Gasteiger partial charge in [-0.1, -0.05) is 28.2 Å². The smallest absolute Gasteiger partial charge is 0.299 e. The van der Waals surface area contributed by atoms with Gasteiger partial charge in [-0.25, -0.2) is 0 Å². The predicted molar refractivity (Wildman–Crippen MR) is 86.3 cm³/mol. The third-order valence-electron chi connectivity index (χ3n) is 3.45. The number of carbonyl (C=O) groups excluding carboxylic acids is 1. The number of ketones is 1. The lowest BCUT2D eigenvalue weighted by Gasteiger charge is -2.10. The zero-order chi connectivity index (χ0) is 17.3. The summed E-state index contributed by atoms with van der Waals surface area (Å²) in [7, 11) is 0. The molecule has 3 nitrogen and oxygen atoms in total. The van der Waals surface area contributed by atoms with Crippen molar-refractivity contribution in [1.82, 2.24) is 9.59 Å². The molecule has 1 heterocycles. The SMILES string of the molecule is O=C(Cc1ccc(Cl)c(C(F)(F)F)c1)Cc1ccc2nnsc2c1. The van der Waals surface area contributed by atoms with Crippen molar-refractivity contribution in [2.45, 2.75) is 19.0 Å². The van der Waals surface area contributed by atoms with Crippen molar-refractivity contribution < 1.29 is 18.0 Å². The molecule has 0 aliphatic rings. The minimum Gasteiger partial charge on any atom is -0.299 e. The van der Waals surface area contributed by atoms with Gasteiger partial charge in [-0.3, -0.25) is 4.79 Å². The molecule has 0 bridgehead atoms. The molecule has 0 N–H and O–H groups in total. The summed E-state index contributed by atoms with van der Waals surface area (Å²) in [4.78, 5) is 12.2. The van der Waals surface area contributed by atoms with Crippen LogP contribution in [0.2, 0.25) is 5.02 Å². The molecule has 24 heavy (non-hydrogen) atoms. The van der Waals surface area contributed by atoms with E-state index in [9.17, 15) is 18.0 Å². The first-order chi connectivity index (χ1) is 11.3. The van der Waals surface area contributed by atoms with Crippen LogP contribution in [-0.2, 0) is 23.8 Å². The van der Waals surface area contributed by atoms with Crippen molar-refractivity contribution in [2.75, 3.05) is 0 Å². The summed E-state index contributed by atoms with van der Waals surface area (Å²) in [6.07, 6.45) is -4.49. The molecule has 124 valence electrons. The van der Waals surface area contributed by atoms with Gasteiger partial charge in [0.25, 0.3) is 0 Å². The number of aromatic nitrogens is 2. The van der Waals surface area contributed by atoms with E-state index in [1.165, 1.54) is 23.7 Å². The molecule has 1 aromatic heterocycles. The van der Waals surface area contributed by atoms with Gasteiger partial charge in [0.15, 0.2) is 0 Å². The summed E-state index contributed by atoms with van der Waals surface area (Å²) >= 11 is 6.80. The maximum absolute atomic E-state index is 12.9. The van der Waals surface area contributed by atoms with Gasteiger partial charge < -0.3 is 0 Å². The molecule has 3 aromatic rings. The first-order valence-electron chi connectivity index (χ1n) is 6.91. The summed E-state index contributed by atoms with van der Waals surface area (Å²) in [5, 5.41) is 3.54. The molecule has 0 spiro atoms. The van der Waals surface area contributed by atoms with Crippen molar-refractivity contribution in [3.63, 3.8) is 0 Å². The average molecular weight is 371 g/mol. The number of carbonyl (C=O) groups is 1. The maximum atomic E-state index is 12.9. The second-order valence-corrected chi connectivity index (χ2v) is 6.47. The molecular formula is C16H10ClF3N2OS. The largest absolute Gasteiger partial charge is 0.417 e. The summed E-state index contributed by atoms with van der Waals surface area (Å²) < 4.78 is 43.2. The molecule has 3 rings (SSSR count). The van der Waals surface area contributed by atoms with Crippen LogP contribution in [0.1, 0.15) is 16.7 Å². The molecule has 0 unspecified atom stereocenters. The van der Waals surface area contributed by atoms with Crippen LogP contribution < -0.4 is 0 Å². The molecule has 0 radical (unpaired) electrons. The zero-order valence-corrected chi connectivity index (χ0v) is 13.7. The van der Waals surface area contributed by atoms with E-state index in [2.05, 4.69) is 9.59 Å². The fraction of sp³-hybridized carbons (Fsp3) is 0.188. The normalized spacial score (nSPS) is 11.8. The lowest BCUT2D eigenvalue weighted by atomic mass is 10.0. The number of benzene rings is 2. The third-order valence-corrected chi connectivity index (χ3v) is 4.47. The standard InChI is InChI=1S/C16H10ClF3N2OS/c17-13-3-1-9(7-12(13)16(18,19)20)5-11(23)6-10-2-4-14-15(8-10)24-22-21-14/h1-4,7-8H,5-6H2. The van der Waals surface area contributed by atoms with Crippen molar-refractivity contribution in [3.8, 4) is 0 Å². The molecule has 0 fully saturated rings. The molecule has 0 aliphatic carbocycles. The number of rotatable bonds is 4. The summed E-state index contributed by atoms with van der Waals surface area (Å²) in [5.41, 5.74) is 0.899. The second kappa shape index (κ2) is 6.49. The Morgan fingerprint density at radius 1 is 1.08 bits per heavy atom. The van der Waals surface area contributed by atoms with E-state index in [1.807, 2.05) is 6.07 Å². The minimum atomic E-state index is -4.54. The Morgan fingerprint density at radius 3 is 2.46 bits per heavy atom. The first kappa shape index (κ1) is 16.9. The van der Waals surface area contributed by atoms with E-state index in [0.29, 0.717) is 0 Å². The van der Waals surface area contributed by atoms with Crippen molar-refractivity contribution in [3.05, 3.63) is 58.1 Å². The molecular weight excluding hydrogens is 361 g/mol. The predicted octanol–water partition coefficient (Wildman–Crippen LogP) is 4.72. The average Bonchev–Trinajstić information content (AvgIpc) is 2.95. The molecule has 0 saturated carbocycles. The number of halogens is 4. The third kappa shape index (κ3) is 3.73. The Balaban J connectivity index is 1.75. The van der Waals surface area contributed by atoms with Gasteiger partial charge >= 0.3 is 6.18 Å². The van der Waals surface area contributed by atoms with E-state index >= 15 is 0 Å². The highest BCUT2D eigenvalue weighted by atomic mass is 35.5. The van der Waals surface area contributed by atoms with Crippen LogP contribution in [-0.4, -0.2) is 15.4 Å². The minimum absolute atomic E-state index is 0.0841. The number of fused-ring (bicyclic) bond motifs is 1. The van der Waals surface area contributed by atoms with Gasteiger partial charge in [0.05, 0.1) is 15.3 Å². The molecule has 0 atom stereocenters. The van der Waals surface area contributed by atoms with Crippen molar-refractivity contribution in [1.29, 1.82) is 0 Å². The van der Waals surface area contributed by atoms with E-state index in [0.717, 1.165) is 21.8 Å². The van der Waals surface area contributed by atoms with Crippen LogP contribution in [0.25, 0.3) is 10.2 Å². The van der Waals surface area contributed by atoms with E-state index in [-0.39, 0.29) is 29.2 Å². The molecule has 0 aliphatic heterocycles. The van der Waals surface area contributed by atoms with E-state index in [4.69, 9.17) is 11.6 Å². The number of Topliss-reactive ketones (excluding diaryl/α,β-unsaturated/α-hetero) is 1. The van der Waals surface area contributed by atoms with E-state index < -0.39 is 11.7 Å². The number of nitrogens with zero attached hydrogens (tertiary/aromatic N) is 2. The molecule has 2 aromatic carbocycles. The van der Waals surface area contributed by atoms with Crippen LogP contribution in [0.4, 0.5) is 13.2 Å². The fourth-order valence-electron chi connectivity index (χ4n) is 2.35. The Morgan fingerprint density at radius 2 is 1.75 bits per heavy atom. The maximum Gasteiger partial charge on any atom is 0.417 e. The Hall–Kier alpha value is -1.99. The zero-order valence-electron chi connectivity index (χ0n) is 12.1. The lowest BCUT2D eigenvalue weighted by Crippen LogP contribution is -2.10. The Bertz CT molecular complexity index is 908. The van der Waals surface area contributed by atoms with Gasteiger partial charge in [-0.2, -0.15) is 13.2 Å². The second-order valence-electron chi connectivity index (χ2n) is 5.28. The van der Waals surface area contributed by atoms with Gasteiger partial charge in [0.2, 0.25) is 0 Å². The van der Waals surface area contributed by atoms with Crippen LogP contribution >= 0.6 is 23.1 Å². The lowest BCUT2D eigenvalue weighted by molar-refractivity contribution is -0.137. The van der Waals surface area contributed by atoms with Crippen molar-refractivity contribution in [2.24, 2.45) is 0 Å². The highest BCUT2D eigenvalue weighted by molar-refractivity contribution is 7.12. The fourth-order valence-corrected chi connectivity index (χ4v) is 3.20. The topological polar surface area (TPSA) is 42.9 Å². The van der Waals surface area contributed by atoms with Crippen LogP contribution in [0.3, 0.4) is 0 Å². The van der Waals surface area contributed by atoms with Gasteiger partial charge in [0.1, 0.15) is 11.3 Å². The number of alkyl halides is 3. The molecule has 0 amide bonds. The van der Waals surface area contributed by atoms with Gasteiger partial charge in [0, 0.05) is 12.8 Å². The highest BCUT2D eigenvalue weighted by Gasteiger charge is 2.33. The summed E-state index contributed by atoms with van der Waals surface area (Å²) in [6, 6.07) is 8.89. The highest BCUT2D eigenvalue weighted by Crippen LogP contribution is 2.35. The number of hydrogen-bond donors (Lipinski definition) is 0. The van der Waals surface area contributed by atoms with Crippen LogP contribution in [0.5, 0.6) is 0 Å². The monoisotopic (exact) mass is 370 g/mol. The van der Waals surface area contributed by atoms with E-state index in [1.54, 1.807) is 12.1 Å². The quantitative estimate of drug-likeness (QED) is 0.667. The van der Waals surface area contributed by atoms with Crippen molar-refractivity contribution >= 4 is 39.1 Å². The van der Waals surface area contributed by atoms with Crippen LogP contribution in [0.15, 0.2) is 36.4 Å². The summed E-state index contributed by atoms with van der Waals surface area (Å²) in [5.74, 6) is -0.178. The molecule has 8 heteroatoms. The molecule has 0 saturated heterocycles. The van der Waals surface area contributed by atoms with Gasteiger partial charge in [-0.15, -0.1) is 5.10 Å². The number of hydrogen-bond acceptors (Lipinski definition) is 4. The summed E-state index contributed by atoms with van der Waals surface area (Å²) in [6.45, 7) is 0. The Labute approximate surface area is 144 Å². The van der Waals surface area contributed by atoms with Gasteiger partial charge in [-0.05, 0) is 46.9 Å². The Kier molecular flexibility index (Phi) is 4.56. The van der Waals surface area contributed by atoms with Crippen LogP contribution in [0, 0.1) is 0 Å². The first-order valence-corrected chi connectivity index (χ1v) is 8.06.